The molecular formula is C12H21NO3. The van der Waals surface area contributed by atoms with Gasteiger partial charge in [0.2, 0.25) is 5.91 Å². The minimum absolute atomic E-state index is 0.0978. The Morgan fingerprint density at radius 3 is 2.25 bits per heavy atom. The zero-order valence-electron chi connectivity index (χ0n) is 10.2. The third kappa shape index (κ3) is 2.38. The summed E-state index contributed by atoms with van der Waals surface area (Å²) in [6, 6.07) is -0.0978. The van der Waals surface area contributed by atoms with Gasteiger partial charge in [0.25, 0.3) is 0 Å². The number of carbonyl (C=O) groups is 1. The van der Waals surface area contributed by atoms with Crippen molar-refractivity contribution in [2.75, 3.05) is 14.2 Å². The predicted molar refractivity (Wildman–Crippen MR) is 59.7 cm³/mol. The summed E-state index contributed by atoms with van der Waals surface area (Å²) in [5, 5.41) is 2.98. The Bertz CT molecular complexity index is 255. The maximum absolute atomic E-state index is 11.9. The van der Waals surface area contributed by atoms with Crippen molar-refractivity contribution in [2.45, 2.75) is 38.5 Å². The first-order chi connectivity index (χ1) is 7.65. The Kier molecular flexibility index (Phi) is 3.50. The molecule has 2 aliphatic carbocycles. The number of ether oxygens (including phenoxy) is 2. The van der Waals surface area contributed by atoms with E-state index in [9.17, 15) is 4.79 Å². The monoisotopic (exact) mass is 227 g/mol. The SMILES string of the molecule is COC(OC)C(C)NC(=O)C1CC2CC2C1. The van der Waals surface area contributed by atoms with Gasteiger partial charge in [-0.1, -0.05) is 0 Å². The molecule has 1 amide bonds. The standard InChI is InChI=1S/C12H21NO3/c1-7(12(15-2)16-3)13-11(14)10-5-8-4-9(8)6-10/h7-10,12H,4-6H2,1-3H3,(H,13,14). The molecule has 1 N–H and O–H groups in total. The fourth-order valence-electron chi connectivity index (χ4n) is 2.84. The molecule has 2 aliphatic rings. The van der Waals surface area contributed by atoms with E-state index in [0.717, 1.165) is 24.7 Å². The number of carbonyl (C=O) groups excluding carboxylic acids is 1. The molecule has 2 fully saturated rings. The lowest BCUT2D eigenvalue weighted by Crippen LogP contribution is -2.45. The van der Waals surface area contributed by atoms with Gasteiger partial charge in [-0.2, -0.15) is 0 Å². The molecule has 0 radical (unpaired) electrons. The van der Waals surface area contributed by atoms with Gasteiger partial charge in [0.15, 0.2) is 6.29 Å². The molecule has 3 unspecified atom stereocenters. The van der Waals surface area contributed by atoms with Crippen molar-refractivity contribution in [1.29, 1.82) is 0 Å². The first kappa shape index (κ1) is 11.9. The second kappa shape index (κ2) is 4.72. The lowest BCUT2D eigenvalue weighted by atomic mass is 10.0. The summed E-state index contributed by atoms with van der Waals surface area (Å²) in [4.78, 5) is 11.9. The molecule has 2 saturated carbocycles. The molecule has 4 nitrogen and oxygen atoms in total. The number of hydrogen-bond acceptors (Lipinski definition) is 3. The summed E-state index contributed by atoms with van der Waals surface area (Å²) >= 11 is 0. The van der Waals surface area contributed by atoms with Crippen LogP contribution in [-0.4, -0.2) is 32.5 Å². The van der Waals surface area contributed by atoms with Crippen LogP contribution in [0.15, 0.2) is 0 Å². The van der Waals surface area contributed by atoms with Crippen LogP contribution in [0.1, 0.15) is 26.2 Å². The fraction of sp³-hybridized carbons (Fsp3) is 0.917. The summed E-state index contributed by atoms with van der Waals surface area (Å²) in [6.45, 7) is 1.91. The van der Waals surface area contributed by atoms with Crippen LogP contribution in [0.5, 0.6) is 0 Å². The van der Waals surface area contributed by atoms with Crippen LogP contribution in [0.3, 0.4) is 0 Å². The molecule has 0 heterocycles. The molecule has 92 valence electrons. The summed E-state index contributed by atoms with van der Waals surface area (Å²) in [7, 11) is 3.17. The van der Waals surface area contributed by atoms with Crippen LogP contribution in [0, 0.1) is 17.8 Å². The van der Waals surface area contributed by atoms with E-state index in [4.69, 9.17) is 9.47 Å². The van der Waals surface area contributed by atoms with Crippen molar-refractivity contribution in [1.82, 2.24) is 5.32 Å². The molecule has 0 spiro atoms. The van der Waals surface area contributed by atoms with Gasteiger partial charge in [0.05, 0.1) is 6.04 Å². The van der Waals surface area contributed by atoms with Gasteiger partial charge < -0.3 is 14.8 Å². The molecular weight excluding hydrogens is 206 g/mol. The van der Waals surface area contributed by atoms with Gasteiger partial charge in [-0.05, 0) is 38.0 Å². The van der Waals surface area contributed by atoms with E-state index in [0.29, 0.717) is 0 Å². The molecule has 2 rings (SSSR count). The molecule has 0 bridgehead atoms. The van der Waals surface area contributed by atoms with E-state index in [-0.39, 0.29) is 24.2 Å². The van der Waals surface area contributed by atoms with E-state index in [1.54, 1.807) is 14.2 Å². The van der Waals surface area contributed by atoms with Gasteiger partial charge in [0, 0.05) is 20.1 Å². The van der Waals surface area contributed by atoms with Gasteiger partial charge in [0.1, 0.15) is 0 Å². The van der Waals surface area contributed by atoms with Crippen LogP contribution in [0.4, 0.5) is 0 Å². The van der Waals surface area contributed by atoms with Gasteiger partial charge in [-0.3, -0.25) is 4.79 Å². The Morgan fingerprint density at radius 2 is 1.75 bits per heavy atom. The normalized spacial score (nSPS) is 33.6. The maximum atomic E-state index is 11.9. The van der Waals surface area contributed by atoms with Crippen LogP contribution in [-0.2, 0) is 14.3 Å². The zero-order valence-corrected chi connectivity index (χ0v) is 10.2. The van der Waals surface area contributed by atoms with Crippen LogP contribution in [0.2, 0.25) is 0 Å². The second-order valence-electron chi connectivity index (χ2n) is 5.06. The average molecular weight is 227 g/mol. The summed E-state index contributed by atoms with van der Waals surface area (Å²) in [5.41, 5.74) is 0. The molecule has 16 heavy (non-hydrogen) atoms. The smallest absolute Gasteiger partial charge is 0.223 e. The largest absolute Gasteiger partial charge is 0.354 e. The Morgan fingerprint density at radius 1 is 1.19 bits per heavy atom. The molecule has 0 aromatic carbocycles. The van der Waals surface area contributed by atoms with Crippen LogP contribution >= 0.6 is 0 Å². The summed E-state index contributed by atoms with van der Waals surface area (Å²) in [6.07, 6.45) is 3.14. The summed E-state index contributed by atoms with van der Waals surface area (Å²) in [5.74, 6) is 2.07. The van der Waals surface area contributed by atoms with Crippen molar-refractivity contribution >= 4 is 5.91 Å². The van der Waals surface area contributed by atoms with E-state index in [1.165, 1.54) is 6.42 Å². The number of hydrogen-bond donors (Lipinski definition) is 1. The zero-order chi connectivity index (χ0) is 11.7. The van der Waals surface area contributed by atoms with Gasteiger partial charge >= 0.3 is 0 Å². The number of nitrogens with one attached hydrogen (secondary N) is 1. The van der Waals surface area contributed by atoms with E-state index < -0.39 is 0 Å². The first-order valence-corrected chi connectivity index (χ1v) is 6.01. The molecule has 0 aliphatic heterocycles. The Hall–Kier alpha value is -0.610. The minimum atomic E-state index is -0.361. The van der Waals surface area contributed by atoms with E-state index in [1.807, 2.05) is 6.92 Å². The molecule has 0 aromatic heterocycles. The lowest BCUT2D eigenvalue weighted by molar-refractivity contribution is -0.138. The maximum Gasteiger partial charge on any atom is 0.223 e. The lowest BCUT2D eigenvalue weighted by Gasteiger charge is -2.23. The van der Waals surface area contributed by atoms with Crippen molar-refractivity contribution < 1.29 is 14.3 Å². The first-order valence-electron chi connectivity index (χ1n) is 6.01. The van der Waals surface area contributed by atoms with Crippen LogP contribution < -0.4 is 5.32 Å². The van der Waals surface area contributed by atoms with E-state index >= 15 is 0 Å². The van der Waals surface area contributed by atoms with Gasteiger partial charge in [-0.25, -0.2) is 0 Å². The summed E-state index contributed by atoms with van der Waals surface area (Å²) < 4.78 is 10.2. The van der Waals surface area contributed by atoms with Crippen molar-refractivity contribution in [2.24, 2.45) is 17.8 Å². The highest BCUT2D eigenvalue weighted by molar-refractivity contribution is 5.79. The average Bonchev–Trinajstić information content (AvgIpc) is 2.87. The van der Waals surface area contributed by atoms with Crippen LogP contribution in [0.25, 0.3) is 0 Å². The number of fused-ring (bicyclic) bond motifs is 1. The topological polar surface area (TPSA) is 47.6 Å². The highest BCUT2D eigenvalue weighted by Crippen LogP contribution is 2.54. The Labute approximate surface area is 96.7 Å². The van der Waals surface area contributed by atoms with E-state index in [2.05, 4.69) is 5.32 Å². The number of amides is 1. The number of methoxy groups -OCH3 is 2. The predicted octanol–water partition coefficient (Wildman–Crippen LogP) is 1.16. The third-order valence-corrected chi connectivity index (χ3v) is 3.86. The highest BCUT2D eigenvalue weighted by Gasteiger charge is 2.48. The third-order valence-electron chi connectivity index (χ3n) is 3.86. The quantitative estimate of drug-likeness (QED) is 0.717. The minimum Gasteiger partial charge on any atom is -0.354 e. The van der Waals surface area contributed by atoms with Crippen molar-refractivity contribution in [3.63, 3.8) is 0 Å². The van der Waals surface area contributed by atoms with Crippen molar-refractivity contribution in [3.8, 4) is 0 Å². The van der Waals surface area contributed by atoms with Crippen molar-refractivity contribution in [3.05, 3.63) is 0 Å². The molecule has 3 atom stereocenters. The highest BCUT2D eigenvalue weighted by atomic mass is 16.7. The molecule has 0 aromatic rings. The molecule has 0 saturated heterocycles. The second-order valence-corrected chi connectivity index (χ2v) is 5.06. The Balaban J connectivity index is 1.77. The fourth-order valence-corrected chi connectivity index (χ4v) is 2.84. The number of rotatable bonds is 5. The van der Waals surface area contributed by atoms with Gasteiger partial charge in [-0.15, -0.1) is 0 Å². The molecule has 4 heteroatoms.